The number of ether oxygens (including phenoxy) is 2. The molecule has 1 aliphatic heterocycles. The zero-order valence-electron chi connectivity index (χ0n) is 14.8. The van der Waals surface area contributed by atoms with Crippen molar-refractivity contribution in [3.05, 3.63) is 35.5 Å². The van der Waals surface area contributed by atoms with Crippen LogP contribution in [0.3, 0.4) is 0 Å². The molecule has 0 N–H and O–H groups in total. The predicted octanol–water partition coefficient (Wildman–Crippen LogP) is 1.21. The Morgan fingerprint density at radius 1 is 1.40 bits per heavy atom. The number of aromatic nitrogens is 3. The number of carbonyl (C=O) groups is 1. The summed E-state index contributed by atoms with van der Waals surface area (Å²) in [6.07, 6.45) is 6.75. The highest BCUT2D eigenvalue weighted by molar-refractivity contribution is 5.95. The third kappa shape index (κ3) is 3.91. The fourth-order valence-electron chi connectivity index (χ4n) is 3.27. The lowest BCUT2D eigenvalue weighted by Gasteiger charge is -2.28. The number of rotatable bonds is 7. The molecule has 1 aliphatic rings. The molecule has 8 heteroatoms. The van der Waals surface area contributed by atoms with Crippen molar-refractivity contribution in [3.8, 4) is 0 Å². The van der Waals surface area contributed by atoms with Crippen molar-refractivity contribution < 1.29 is 18.8 Å². The van der Waals surface area contributed by atoms with E-state index in [9.17, 15) is 4.79 Å². The van der Waals surface area contributed by atoms with Crippen molar-refractivity contribution in [1.29, 1.82) is 0 Å². The Bertz CT molecular complexity index is 711. The number of aryl methyl sites for hydroxylation is 2. The first kappa shape index (κ1) is 17.6. The van der Waals surface area contributed by atoms with Crippen molar-refractivity contribution in [2.45, 2.75) is 31.9 Å². The third-order valence-corrected chi connectivity index (χ3v) is 4.55. The quantitative estimate of drug-likeness (QED) is 0.700. The van der Waals surface area contributed by atoms with Crippen LogP contribution < -0.4 is 0 Å². The van der Waals surface area contributed by atoms with Crippen LogP contribution in [0.4, 0.5) is 0 Å². The van der Waals surface area contributed by atoms with Crippen LogP contribution in [0.15, 0.2) is 23.1 Å². The van der Waals surface area contributed by atoms with Crippen LogP contribution >= 0.6 is 0 Å². The highest BCUT2D eigenvalue weighted by Gasteiger charge is 2.39. The van der Waals surface area contributed by atoms with Crippen LogP contribution in [0.25, 0.3) is 0 Å². The summed E-state index contributed by atoms with van der Waals surface area (Å²) in [4.78, 5) is 14.8. The first-order chi connectivity index (χ1) is 12.1. The molecule has 1 fully saturated rings. The van der Waals surface area contributed by atoms with Gasteiger partial charge in [-0.2, -0.15) is 5.10 Å². The number of methoxy groups -OCH3 is 1. The normalized spacial score (nSPS) is 20.4. The summed E-state index contributed by atoms with van der Waals surface area (Å²) in [5.74, 6) is 0.472. The molecular formula is C17H24N4O4. The first-order valence-corrected chi connectivity index (χ1v) is 8.40. The molecule has 0 spiro atoms. The Morgan fingerprint density at radius 2 is 2.24 bits per heavy atom. The molecule has 0 aromatic carbocycles. The summed E-state index contributed by atoms with van der Waals surface area (Å²) in [7, 11) is 3.53. The molecule has 1 amide bonds. The maximum absolute atomic E-state index is 12.9. The van der Waals surface area contributed by atoms with E-state index in [-0.39, 0.29) is 18.1 Å². The number of hydrogen-bond acceptors (Lipinski definition) is 6. The molecule has 2 atom stereocenters. The Hall–Kier alpha value is -2.19. The maximum Gasteiger partial charge on any atom is 0.259 e. The monoisotopic (exact) mass is 348 g/mol. The topological polar surface area (TPSA) is 82.6 Å². The van der Waals surface area contributed by atoms with E-state index in [4.69, 9.17) is 14.0 Å². The van der Waals surface area contributed by atoms with Gasteiger partial charge in [0, 0.05) is 26.9 Å². The van der Waals surface area contributed by atoms with Crippen molar-refractivity contribution in [2.75, 3.05) is 26.9 Å². The molecule has 1 saturated heterocycles. The SMILES string of the molecule is COCCO[C@H]1CCN(C(=O)c2cnoc2C)[C@@H]1Cc1cnn(C)c1. The molecule has 0 radical (unpaired) electrons. The van der Waals surface area contributed by atoms with E-state index >= 15 is 0 Å². The summed E-state index contributed by atoms with van der Waals surface area (Å²) in [6.45, 7) is 3.44. The van der Waals surface area contributed by atoms with Gasteiger partial charge >= 0.3 is 0 Å². The maximum atomic E-state index is 12.9. The van der Waals surface area contributed by atoms with E-state index in [1.807, 2.05) is 24.3 Å². The van der Waals surface area contributed by atoms with Gasteiger partial charge in [0.25, 0.3) is 5.91 Å². The van der Waals surface area contributed by atoms with E-state index in [0.29, 0.717) is 37.5 Å². The van der Waals surface area contributed by atoms with Gasteiger partial charge in [0.15, 0.2) is 0 Å². The number of nitrogens with zero attached hydrogens (tertiary/aromatic N) is 4. The molecule has 0 aliphatic carbocycles. The average Bonchev–Trinajstić information content (AvgIpc) is 3.29. The van der Waals surface area contributed by atoms with E-state index in [1.54, 1.807) is 18.7 Å². The summed E-state index contributed by atoms with van der Waals surface area (Å²) >= 11 is 0. The summed E-state index contributed by atoms with van der Waals surface area (Å²) in [6, 6.07) is -0.0529. The molecule has 0 bridgehead atoms. The second-order valence-electron chi connectivity index (χ2n) is 6.28. The van der Waals surface area contributed by atoms with Gasteiger partial charge < -0.3 is 18.9 Å². The van der Waals surface area contributed by atoms with Gasteiger partial charge in [0.05, 0.1) is 37.8 Å². The van der Waals surface area contributed by atoms with Crippen LogP contribution in [0.5, 0.6) is 0 Å². The van der Waals surface area contributed by atoms with Crippen molar-refractivity contribution in [1.82, 2.24) is 19.8 Å². The smallest absolute Gasteiger partial charge is 0.259 e. The van der Waals surface area contributed by atoms with E-state index in [1.165, 1.54) is 6.20 Å². The van der Waals surface area contributed by atoms with Gasteiger partial charge in [-0.15, -0.1) is 0 Å². The van der Waals surface area contributed by atoms with E-state index in [2.05, 4.69) is 10.3 Å². The minimum Gasteiger partial charge on any atom is -0.382 e. The molecule has 0 unspecified atom stereocenters. The van der Waals surface area contributed by atoms with Gasteiger partial charge in [0.1, 0.15) is 11.3 Å². The van der Waals surface area contributed by atoms with Gasteiger partial charge in [0.2, 0.25) is 0 Å². The van der Waals surface area contributed by atoms with Gasteiger partial charge in [-0.1, -0.05) is 5.16 Å². The number of hydrogen-bond donors (Lipinski definition) is 0. The first-order valence-electron chi connectivity index (χ1n) is 8.40. The zero-order chi connectivity index (χ0) is 17.8. The molecule has 8 nitrogen and oxygen atoms in total. The summed E-state index contributed by atoms with van der Waals surface area (Å²) in [5, 5.41) is 7.94. The zero-order valence-corrected chi connectivity index (χ0v) is 14.8. The van der Waals surface area contributed by atoms with E-state index in [0.717, 1.165) is 12.0 Å². The van der Waals surface area contributed by atoms with Gasteiger partial charge in [-0.05, 0) is 25.3 Å². The van der Waals surface area contributed by atoms with Crippen molar-refractivity contribution in [2.24, 2.45) is 7.05 Å². The highest BCUT2D eigenvalue weighted by Crippen LogP contribution is 2.27. The molecular weight excluding hydrogens is 324 g/mol. The average molecular weight is 348 g/mol. The van der Waals surface area contributed by atoms with Crippen molar-refractivity contribution in [3.63, 3.8) is 0 Å². The molecule has 3 heterocycles. The molecule has 2 aromatic rings. The Balaban J connectivity index is 1.77. The highest BCUT2D eigenvalue weighted by atomic mass is 16.5. The number of amides is 1. The lowest BCUT2D eigenvalue weighted by Crippen LogP contribution is -2.42. The summed E-state index contributed by atoms with van der Waals surface area (Å²) in [5.41, 5.74) is 1.59. The van der Waals surface area contributed by atoms with Gasteiger partial charge in [-0.3, -0.25) is 9.48 Å². The minimum absolute atomic E-state index is 0.0283. The second kappa shape index (κ2) is 7.79. The van der Waals surface area contributed by atoms with Crippen LogP contribution in [0, 0.1) is 6.92 Å². The Kier molecular flexibility index (Phi) is 5.50. The second-order valence-corrected chi connectivity index (χ2v) is 6.28. The van der Waals surface area contributed by atoms with Crippen molar-refractivity contribution >= 4 is 5.91 Å². The Labute approximate surface area is 146 Å². The third-order valence-electron chi connectivity index (χ3n) is 4.55. The number of carbonyl (C=O) groups excluding carboxylic acids is 1. The summed E-state index contributed by atoms with van der Waals surface area (Å²) < 4.78 is 17.9. The molecule has 3 rings (SSSR count). The van der Waals surface area contributed by atoms with Crippen LogP contribution in [-0.4, -0.2) is 64.8 Å². The minimum atomic E-state index is -0.0644. The van der Waals surface area contributed by atoms with Gasteiger partial charge in [-0.25, -0.2) is 0 Å². The molecule has 2 aromatic heterocycles. The largest absolute Gasteiger partial charge is 0.382 e. The predicted molar refractivity (Wildman–Crippen MR) is 89.2 cm³/mol. The van der Waals surface area contributed by atoms with Crippen LogP contribution in [0.2, 0.25) is 0 Å². The fraction of sp³-hybridized carbons (Fsp3) is 0.588. The number of likely N-dealkylation sites (tertiary alicyclic amines) is 1. The molecule has 0 saturated carbocycles. The molecule has 136 valence electrons. The molecule has 25 heavy (non-hydrogen) atoms. The van der Waals surface area contributed by atoms with Crippen LogP contribution in [-0.2, 0) is 22.9 Å². The van der Waals surface area contributed by atoms with E-state index < -0.39 is 0 Å². The fourth-order valence-corrected chi connectivity index (χ4v) is 3.27. The lowest BCUT2D eigenvalue weighted by molar-refractivity contribution is 0.000470. The van der Waals surface area contributed by atoms with Crippen LogP contribution in [0.1, 0.15) is 28.1 Å². The lowest BCUT2D eigenvalue weighted by atomic mass is 10.0. The Morgan fingerprint density at radius 3 is 2.88 bits per heavy atom. The standard InChI is InChI=1S/C17H24N4O4/c1-12-14(10-19-25-12)17(22)21-5-4-16(24-7-6-23-3)15(21)8-13-9-18-20(2)11-13/h9-11,15-16H,4-8H2,1-3H3/t15-,16+/m1/s1.